The number of hydrogen-bond donors (Lipinski definition) is 2. The third-order valence-electron chi connectivity index (χ3n) is 2.73. The number of carbonyl (C=O) groups excluding carboxylic acids is 1. The van der Waals surface area contributed by atoms with Crippen LogP contribution in [-0.2, 0) is 6.54 Å². The topological polar surface area (TPSA) is 66.9 Å². The first-order chi connectivity index (χ1) is 9.79. The molecule has 2 heterocycles. The maximum Gasteiger partial charge on any atom is 0.270 e. The van der Waals surface area contributed by atoms with E-state index in [9.17, 15) is 4.79 Å². The van der Waals surface area contributed by atoms with Crippen molar-refractivity contribution >= 4 is 11.6 Å². The Kier molecular flexibility index (Phi) is 5.06. The highest BCUT2D eigenvalue weighted by molar-refractivity contribution is 5.92. The number of rotatable bonds is 6. The molecule has 5 heteroatoms. The third-order valence-corrected chi connectivity index (χ3v) is 2.73. The van der Waals surface area contributed by atoms with Gasteiger partial charge in [-0.2, -0.15) is 0 Å². The Bertz CT molecular complexity index is 540. The summed E-state index contributed by atoms with van der Waals surface area (Å²) < 4.78 is 0. The van der Waals surface area contributed by atoms with E-state index in [1.807, 2.05) is 24.3 Å². The van der Waals surface area contributed by atoms with E-state index in [0.717, 1.165) is 24.3 Å². The first-order valence-corrected chi connectivity index (χ1v) is 6.67. The smallest absolute Gasteiger partial charge is 0.270 e. The summed E-state index contributed by atoms with van der Waals surface area (Å²) in [5, 5.41) is 6.01. The van der Waals surface area contributed by atoms with Crippen molar-refractivity contribution in [3.8, 4) is 0 Å². The number of aromatic nitrogens is 2. The molecule has 2 N–H and O–H groups in total. The quantitative estimate of drug-likeness (QED) is 0.844. The summed E-state index contributed by atoms with van der Waals surface area (Å²) in [6.45, 7) is 3.39. The average Bonchev–Trinajstić information content (AvgIpc) is 2.52. The van der Waals surface area contributed by atoms with Gasteiger partial charge in [0, 0.05) is 12.7 Å². The first-order valence-electron chi connectivity index (χ1n) is 6.67. The van der Waals surface area contributed by atoms with Crippen LogP contribution in [0.3, 0.4) is 0 Å². The zero-order valence-electron chi connectivity index (χ0n) is 11.5. The summed E-state index contributed by atoms with van der Waals surface area (Å²) >= 11 is 0. The number of pyridine rings is 2. The van der Waals surface area contributed by atoms with Crippen LogP contribution in [0.2, 0.25) is 0 Å². The molecule has 0 saturated carbocycles. The molecule has 0 bridgehead atoms. The molecule has 0 spiro atoms. The van der Waals surface area contributed by atoms with Crippen LogP contribution >= 0.6 is 0 Å². The lowest BCUT2D eigenvalue weighted by Crippen LogP contribution is -2.24. The molecule has 0 aliphatic rings. The Morgan fingerprint density at radius 1 is 1.20 bits per heavy atom. The molecule has 2 aromatic rings. The molecule has 1 amide bonds. The lowest BCUT2D eigenvalue weighted by molar-refractivity contribution is 0.0945. The molecule has 0 saturated heterocycles. The molecule has 2 rings (SSSR count). The highest BCUT2D eigenvalue weighted by Gasteiger charge is 2.06. The predicted octanol–water partition coefficient (Wildman–Crippen LogP) is 2.23. The molecule has 2 aromatic heterocycles. The van der Waals surface area contributed by atoms with Gasteiger partial charge in [-0.05, 0) is 30.7 Å². The highest BCUT2D eigenvalue weighted by Crippen LogP contribution is 2.06. The van der Waals surface area contributed by atoms with Gasteiger partial charge in [-0.1, -0.05) is 13.0 Å². The van der Waals surface area contributed by atoms with Crippen LogP contribution in [0.15, 0.2) is 42.7 Å². The lowest BCUT2D eigenvalue weighted by atomic mass is 10.3. The fourth-order valence-corrected chi connectivity index (χ4v) is 1.67. The van der Waals surface area contributed by atoms with E-state index < -0.39 is 0 Å². The van der Waals surface area contributed by atoms with Crippen LogP contribution in [0.25, 0.3) is 0 Å². The van der Waals surface area contributed by atoms with Crippen molar-refractivity contribution in [1.82, 2.24) is 15.3 Å². The van der Waals surface area contributed by atoms with Crippen molar-refractivity contribution in [1.29, 1.82) is 0 Å². The number of nitrogens with zero attached hydrogens (tertiary/aromatic N) is 2. The molecule has 104 valence electrons. The van der Waals surface area contributed by atoms with E-state index in [1.165, 1.54) is 0 Å². The lowest BCUT2D eigenvalue weighted by Gasteiger charge is -2.06. The summed E-state index contributed by atoms with van der Waals surface area (Å²) in [6.07, 6.45) is 4.42. The molecule has 0 unspecified atom stereocenters. The van der Waals surface area contributed by atoms with Gasteiger partial charge in [0.05, 0.1) is 24.1 Å². The summed E-state index contributed by atoms with van der Waals surface area (Å²) in [6, 6.07) is 9.17. The fraction of sp³-hybridized carbons (Fsp3) is 0.267. The Morgan fingerprint density at radius 3 is 2.75 bits per heavy atom. The van der Waals surface area contributed by atoms with E-state index in [-0.39, 0.29) is 5.91 Å². The minimum absolute atomic E-state index is 0.197. The molecular weight excluding hydrogens is 252 g/mol. The van der Waals surface area contributed by atoms with Crippen molar-refractivity contribution in [2.24, 2.45) is 0 Å². The van der Waals surface area contributed by atoms with Crippen LogP contribution in [0, 0.1) is 0 Å². The fourth-order valence-electron chi connectivity index (χ4n) is 1.67. The maximum atomic E-state index is 11.9. The molecule has 5 nitrogen and oxygen atoms in total. The number of nitrogens with one attached hydrogen (secondary N) is 2. The molecule has 0 atom stereocenters. The number of hydrogen-bond acceptors (Lipinski definition) is 4. The molecule has 0 aliphatic carbocycles. The molecule has 0 aromatic carbocycles. The SMILES string of the molecule is CCCNc1ccc(C(=O)NCc2ccccn2)nc1. The number of carbonyl (C=O) groups is 1. The minimum atomic E-state index is -0.197. The summed E-state index contributed by atoms with van der Waals surface area (Å²) in [4.78, 5) is 20.2. The third kappa shape index (κ3) is 4.05. The van der Waals surface area contributed by atoms with Crippen molar-refractivity contribution in [2.75, 3.05) is 11.9 Å². The highest BCUT2D eigenvalue weighted by atomic mass is 16.1. The van der Waals surface area contributed by atoms with Gasteiger partial charge in [0.25, 0.3) is 5.91 Å². The van der Waals surface area contributed by atoms with Gasteiger partial charge >= 0.3 is 0 Å². The normalized spacial score (nSPS) is 10.1. The minimum Gasteiger partial charge on any atom is -0.384 e. The van der Waals surface area contributed by atoms with E-state index in [4.69, 9.17) is 0 Å². The molecular formula is C15H18N4O. The van der Waals surface area contributed by atoms with Gasteiger partial charge < -0.3 is 10.6 Å². The standard InChI is InChI=1S/C15H18N4O/c1-2-8-16-13-6-7-14(18-10-13)15(20)19-11-12-5-3-4-9-17-12/h3-7,9-10,16H,2,8,11H2,1H3,(H,19,20). The zero-order valence-corrected chi connectivity index (χ0v) is 11.5. The van der Waals surface area contributed by atoms with Crippen LogP contribution in [-0.4, -0.2) is 22.4 Å². The second kappa shape index (κ2) is 7.23. The van der Waals surface area contributed by atoms with Gasteiger partial charge in [0.2, 0.25) is 0 Å². The maximum absolute atomic E-state index is 11.9. The van der Waals surface area contributed by atoms with Crippen molar-refractivity contribution in [3.63, 3.8) is 0 Å². The van der Waals surface area contributed by atoms with Crippen LogP contribution in [0.1, 0.15) is 29.5 Å². The molecule has 0 radical (unpaired) electrons. The summed E-state index contributed by atoms with van der Waals surface area (Å²) in [5.74, 6) is -0.197. The number of amides is 1. The average molecular weight is 270 g/mol. The van der Waals surface area contributed by atoms with E-state index in [1.54, 1.807) is 18.5 Å². The van der Waals surface area contributed by atoms with Crippen molar-refractivity contribution in [3.05, 3.63) is 54.1 Å². The second-order valence-electron chi connectivity index (χ2n) is 4.36. The van der Waals surface area contributed by atoms with Gasteiger partial charge in [0.1, 0.15) is 5.69 Å². The predicted molar refractivity (Wildman–Crippen MR) is 78.4 cm³/mol. The van der Waals surface area contributed by atoms with Gasteiger partial charge in [0.15, 0.2) is 0 Å². The molecule has 0 fully saturated rings. The Balaban J connectivity index is 1.89. The van der Waals surface area contributed by atoms with Crippen LogP contribution in [0.4, 0.5) is 5.69 Å². The number of anilines is 1. The first kappa shape index (κ1) is 14.0. The zero-order chi connectivity index (χ0) is 14.2. The van der Waals surface area contributed by atoms with E-state index in [0.29, 0.717) is 12.2 Å². The van der Waals surface area contributed by atoms with Gasteiger partial charge in [-0.3, -0.25) is 9.78 Å². The largest absolute Gasteiger partial charge is 0.384 e. The van der Waals surface area contributed by atoms with E-state index in [2.05, 4.69) is 27.5 Å². The van der Waals surface area contributed by atoms with Crippen molar-refractivity contribution in [2.45, 2.75) is 19.9 Å². The van der Waals surface area contributed by atoms with Crippen LogP contribution < -0.4 is 10.6 Å². The monoisotopic (exact) mass is 270 g/mol. The molecule has 0 aliphatic heterocycles. The second-order valence-corrected chi connectivity index (χ2v) is 4.36. The Morgan fingerprint density at radius 2 is 2.10 bits per heavy atom. The molecule has 20 heavy (non-hydrogen) atoms. The van der Waals surface area contributed by atoms with Gasteiger partial charge in [-0.15, -0.1) is 0 Å². The Labute approximate surface area is 118 Å². The van der Waals surface area contributed by atoms with Gasteiger partial charge in [-0.25, -0.2) is 4.98 Å². The summed E-state index contributed by atoms with van der Waals surface area (Å²) in [5.41, 5.74) is 2.15. The summed E-state index contributed by atoms with van der Waals surface area (Å²) in [7, 11) is 0. The van der Waals surface area contributed by atoms with Crippen molar-refractivity contribution < 1.29 is 4.79 Å². The Hall–Kier alpha value is -2.43. The van der Waals surface area contributed by atoms with Crippen LogP contribution in [0.5, 0.6) is 0 Å². The van der Waals surface area contributed by atoms with E-state index >= 15 is 0 Å².